The van der Waals surface area contributed by atoms with E-state index in [2.05, 4.69) is 11.6 Å². The Kier molecular flexibility index (Phi) is 8.05. The van der Waals surface area contributed by atoms with Crippen LogP contribution >= 0.6 is 11.8 Å². The highest BCUT2D eigenvalue weighted by molar-refractivity contribution is 7.99. The van der Waals surface area contributed by atoms with Crippen molar-refractivity contribution in [2.24, 2.45) is 0 Å². The van der Waals surface area contributed by atoms with E-state index in [1.807, 2.05) is 16.7 Å². The van der Waals surface area contributed by atoms with Gasteiger partial charge in [0, 0.05) is 18.3 Å². The van der Waals surface area contributed by atoms with Gasteiger partial charge in [-0.3, -0.25) is 4.79 Å². The normalized spacial score (nSPS) is 18.4. The van der Waals surface area contributed by atoms with Crippen LogP contribution in [0.1, 0.15) is 46.0 Å². The van der Waals surface area contributed by atoms with Crippen molar-refractivity contribution in [1.82, 2.24) is 9.62 Å². The van der Waals surface area contributed by atoms with Gasteiger partial charge in [0.05, 0.1) is 12.3 Å². The SMILES string of the molecule is CCSCCN(C(=O)C(C)NS(C)(=O)=O)C1CCCCC1. The molecule has 0 radical (unpaired) electrons. The fraction of sp³-hybridized carbons (Fsp3) is 0.929. The van der Waals surface area contributed by atoms with E-state index in [9.17, 15) is 13.2 Å². The zero-order chi connectivity index (χ0) is 15.9. The lowest BCUT2D eigenvalue weighted by atomic mass is 9.94. The number of sulfonamides is 1. The van der Waals surface area contributed by atoms with Crippen molar-refractivity contribution in [2.75, 3.05) is 24.3 Å². The minimum atomic E-state index is -3.36. The Labute approximate surface area is 133 Å². The van der Waals surface area contributed by atoms with E-state index >= 15 is 0 Å². The fourth-order valence-corrected chi connectivity index (χ4v) is 4.15. The first-order valence-electron chi connectivity index (χ1n) is 7.70. The highest BCUT2D eigenvalue weighted by atomic mass is 32.2. The van der Waals surface area contributed by atoms with Gasteiger partial charge < -0.3 is 4.90 Å². The number of nitrogens with one attached hydrogen (secondary N) is 1. The number of amides is 1. The first kappa shape index (κ1) is 18.8. The summed E-state index contributed by atoms with van der Waals surface area (Å²) in [7, 11) is -3.36. The van der Waals surface area contributed by atoms with Gasteiger partial charge in [0.15, 0.2) is 0 Å². The van der Waals surface area contributed by atoms with Crippen LogP contribution in [0.25, 0.3) is 0 Å². The van der Waals surface area contributed by atoms with E-state index in [0.717, 1.165) is 43.4 Å². The minimum Gasteiger partial charge on any atom is -0.338 e. The molecular weight excluding hydrogens is 308 g/mol. The van der Waals surface area contributed by atoms with Crippen molar-refractivity contribution in [3.8, 4) is 0 Å². The molecule has 1 amide bonds. The smallest absolute Gasteiger partial charge is 0.240 e. The van der Waals surface area contributed by atoms with Gasteiger partial charge in [0.1, 0.15) is 0 Å². The lowest BCUT2D eigenvalue weighted by Gasteiger charge is -2.36. The van der Waals surface area contributed by atoms with Crippen LogP contribution in [0.4, 0.5) is 0 Å². The standard InChI is InChI=1S/C14H28N2O3S2/c1-4-20-11-10-16(13-8-6-5-7-9-13)14(17)12(2)15-21(3,18)19/h12-13,15H,4-11H2,1-3H3. The monoisotopic (exact) mass is 336 g/mol. The largest absolute Gasteiger partial charge is 0.338 e. The van der Waals surface area contributed by atoms with Gasteiger partial charge in [0.2, 0.25) is 15.9 Å². The van der Waals surface area contributed by atoms with Crippen LogP contribution in [0, 0.1) is 0 Å². The molecule has 0 aliphatic heterocycles. The van der Waals surface area contributed by atoms with Gasteiger partial charge >= 0.3 is 0 Å². The van der Waals surface area contributed by atoms with Crippen LogP contribution in [-0.4, -0.2) is 55.6 Å². The maximum Gasteiger partial charge on any atom is 0.240 e. The average Bonchev–Trinajstić information content (AvgIpc) is 2.42. The molecule has 0 aromatic rings. The lowest BCUT2D eigenvalue weighted by molar-refractivity contribution is -0.135. The molecule has 1 rings (SSSR count). The second-order valence-corrected chi connectivity index (χ2v) is 8.81. The molecule has 1 unspecified atom stereocenters. The molecule has 21 heavy (non-hydrogen) atoms. The number of nitrogens with zero attached hydrogens (tertiary/aromatic N) is 1. The van der Waals surface area contributed by atoms with Crippen molar-refractivity contribution >= 4 is 27.7 Å². The average molecular weight is 337 g/mol. The molecule has 1 saturated carbocycles. The summed E-state index contributed by atoms with van der Waals surface area (Å²) in [6.07, 6.45) is 6.71. The van der Waals surface area contributed by atoms with Gasteiger partial charge in [0.25, 0.3) is 0 Å². The predicted octanol–water partition coefficient (Wildman–Crippen LogP) is 1.84. The first-order valence-corrected chi connectivity index (χ1v) is 10.7. The predicted molar refractivity (Wildman–Crippen MR) is 89.0 cm³/mol. The molecule has 0 aromatic heterocycles. The molecule has 1 aliphatic rings. The molecule has 0 saturated heterocycles. The lowest BCUT2D eigenvalue weighted by Crippen LogP contribution is -2.51. The van der Waals surface area contributed by atoms with E-state index in [-0.39, 0.29) is 11.9 Å². The van der Waals surface area contributed by atoms with E-state index in [0.29, 0.717) is 6.54 Å². The van der Waals surface area contributed by atoms with E-state index in [4.69, 9.17) is 0 Å². The van der Waals surface area contributed by atoms with Gasteiger partial charge in [-0.1, -0.05) is 26.2 Å². The zero-order valence-electron chi connectivity index (χ0n) is 13.3. The number of carbonyl (C=O) groups excluding carboxylic acids is 1. The van der Waals surface area contributed by atoms with Crippen LogP contribution in [0.3, 0.4) is 0 Å². The highest BCUT2D eigenvalue weighted by Gasteiger charge is 2.29. The Morgan fingerprint density at radius 2 is 1.95 bits per heavy atom. The molecular formula is C14H28N2O3S2. The van der Waals surface area contributed by atoms with E-state index in [1.165, 1.54) is 6.42 Å². The fourth-order valence-electron chi connectivity index (χ4n) is 2.79. The van der Waals surface area contributed by atoms with Crippen LogP contribution in [0.5, 0.6) is 0 Å². The summed E-state index contributed by atoms with van der Waals surface area (Å²) in [6, 6.07) is -0.416. The molecule has 124 valence electrons. The Hall–Kier alpha value is -0.270. The van der Waals surface area contributed by atoms with Crippen LogP contribution in [0.2, 0.25) is 0 Å². The molecule has 0 aromatic carbocycles. The molecule has 1 N–H and O–H groups in total. The Morgan fingerprint density at radius 3 is 2.48 bits per heavy atom. The molecule has 0 bridgehead atoms. The molecule has 1 fully saturated rings. The molecule has 1 aliphatic carbocycles. The van der Waals surface area contributed by atoms with Crippen LogP contribution in [-0.2, 0) is 14.8 Å². The first-order chi connectivity index (χ1) is 9.85. The third kappa shape index (κ3) is 7.02. The maximum absolute atomic E-state index is 12.6. The van der Waals surface area contributed by atoms with Crippen LogP contribution in [0.15, 0.2) is 0 Å². The Morgan fingerprint density at radius 1 is 1.33 bits per heavy atom. The number of thioether (sulfide) groups is 1. The number of hydrogen-bond donors (Lipinski definition) is 1. The molecule has 0 heterocycles. The van der Waals surface area contributed by atoms with Crippen molar-refractivity contribution in [1.29, 1.82) is 0 Å². The molecule has 5 nitrogen and oxygen atoms in total. The second-order valence-electron chi connectivity index (χ2n) is 5.63. The molecule has 7 heteroatoms. The third-order valence-corrected chi connectivity index (χ3v) is 5.40. The summed E-state index contributed by atoms with van der Waals surface area (Å²) >= 11 is 1.81. The van der Waals surface area contributed by atoms with Crippen LogP contribution < -0.4 is 4.72 Å². The second kappa shape index (κ2) is 9.00. The maximum atomic E-state index is 12.6. The number of carbonyl (C=O) groups is 1. The van der Waals surface area contributed by atoms with Crippen molar-refractivity contribution in [2.45, 2.75) is 58.0 Å². The van der Waals surface area contributed by atoms with Crippen molar-refractivity contribution in [3.05, 3.63) is 0 Å². The number of rotatable bonds is 8. The van der Waals surface area contributed by atoms with E-state index < -0.39 is 16.1 Å². The molecule has 1 atom stereocenters. The highest BCUT2D eigenvalue weighted by Crippen LogP contribution is 2.23. The Balaban J connectivity index is 2.70. The quantitative estimate of drug-likeness (QED) is 0.687. The van der Waals surface area contributed by atoms with Gasteiger partial charge in [-0.05, 0) is 25.5 Å². The van der Waals surface area contributed by atoms with Gasteiger partial charge in [-0.2, -0.15) is 11.8 Å². The van der Waals surface area contributed by atoms with E-state index in [1.54, 1.807) is 6.92 Å². The van der Waals surface area contributed by atoms with Crippen molar-refractivity contribution < 1.29 is 13.2 Å². The minimum absolute atomic E-state index is 0.0935. The topological polar surface area (TPSA) is 66.5 Å². The summed E-state index contributed by atoms with van der Waals surface area (Å²) in [5.74, 6) is 1.85. The van der Waals surface area contributed by atoms with Crippen molar-refractivity contribution in [3.63, 3.8) is 0 Å². The third-order valence-electron chi connectivity index (χ3n) is 3.74. The summed E-state index contributed by atoms with van der Waals surface area (Å²) in [6.45, 7) is 4.44. The van der Waals surface area contributed by atoms with Gasteiger partial charge in [-0.15, -0.1) is 0 Å². The summed E-state index contributed by atoms with van der Waals surface area (Å²) in [4.78, 5) is 14.5. The van der Waals surface area contributed by atoms with Gasteiger partial charge in [-0.25, -0.2) is 13.1 Å². The summed E-state index contributed by atoms with van der Waals surface area (Å²) in [5, 5.41) is 0. The Bertz CT molecular complexity index is 420. The zero-order valence-corrected chi connectivity index (χ0v) is 14.9. The summed E-state index contributed by atoms with van der Waals surface area (Å²) in [5.41, 5.74) is 0. The number of hydrogen-bond acceptors (Lipinski definition) is 4. The summed E-state index contributed by atoms with van der Waals surface area (Å²) < 4.78 is 25.0. The molecule has 0 spiro atoms.